The van der Waals surface area contributed by atoms with Crippen LogP contribution in [0.5, 0.6) is 0 Å². The molecular weight excluding hydrogens is 414 g/mol. The number of benzene rings is 2. The number of hydrogen-bond donors (Lipinski definition) is 1. The number of morpholine rings is 1. The normalized spacial score (nSPS) is 13.7. The third kappa shape index (κ3) is 4.59. The van der Waals surface area contributed by atoms with Crippen LogP contribution in [-0.4, -0.2) is 60.3 Å². The van der Waals surface area contributed by atoms with Crippen molar-refractivity contribution in [3.8, 4) is 0 Å². The Morgan fingerprint density at radius 2 is 1.94 bits per heavy atom. The standard InChI is InChI=1S/C22H23N5O5/c1-31-22(30)17-14-15(26-10-12-32-13-11-26)6-7-18(17)23-20(28)8-9-27-21(29)16-4-2-3-5-19(16)24-25-27/h2-7,14H,8-13H2,1H3,(H,23,28). The zero-order valence-corrected chi connectivity index (χ0v) is 17.6. The van der Waals surface area contributed by atoms with Gasteiger partial charge in [-0.3, -0.25) is 9.59 Å². The van der Waals surface area contributed by atoms with E-state index in [0.717, 1.165) is 10.4 Å². The molecule has 166 valence electrons. The van der Waals surface area contributed by atoms with E-state index in [2.05, 4.69) is 20.5 Å². The Morgan fingerprint density at radius 1 is 1.16 bits per heavy atom. The number of aromatic nitrogens is 3. The van der Waals surface area contributed by atoms with Crippen LogP contribution >= 0.6 is 0 Å². The topological polar surface area (TPSA) is 116 Å². The summed E-state index contributed by atoms with van der Waals surface area (Å²) in [7, 11) is 1.29. The van der Waals surface area contributed by atoms with Crippen molar-refractivity contribution in [2.24, 2.45) is 0 Å². The van der Waals surface area contributed by atoms with Crippen LogP contribution in [0.3, 0.4) is 0 Å². The number of amides is 1. The maximum Gasteiger partial charge on any atom is 0.340 e. The first-order valence-corrected chi connectivity index (χ1v) is 10.2. The second-order valence-corrected chi connectivity index (χ2v) is 7.25. The molecule has 0 saturated carbocycles. The first kappa shape index (κ1) is 21.4. The Kier molecular flexibility index (Phi) is 6.41. The molecule has 1 aliphatic rings. The molecular formula is C22H23N5O5. The molecule has 2 aromatic carbocycles. The maximum atomic E-state index is 12.6. The Hall–Kier alpha value is -3.79. The van der Waals surface area contributed by atoms with Gasteiger partial charge in [-0.1, -0.05) is 17.3 Å². The fourth-order valence-electron chi connectivity index (χ4n) is 3.53. The molecule has 1 N–H and O–H groups in total. The number of carbonyl (C=O) groups excluding carboxylic acids is 2. The number of aryl methyl sites for hydroxylation is 1. The van der Waals surface area contributed by atoms with Crippen molar-refractivity contribution in [2.75, 3.05) is 43.6 Å². The summed E-state index contributed by atoms with van der Waals surface area (Å²) in [5, 5.41) is 11.1. The fourth-order valence-corrected chi connectivity index (χ4v) is 3.53. The SMILES string of the molecule is COC(=O)c1cc(N2CCOCC2)ccc1NC(=O)CCn1nnc2ccccc2c1=O. The highest BCUT2D eigenvalue weighted by atomic mass is 16.5. The van der Waals surface area contributed by atoms with Crippen LogP contribution in [0.4, 0.5) is 11.4 Å². The zero-order chi connectivity index (χ0) is 22.5. The molecule has 1 saturated heterocycles. The molecule has 1 aliphatic heterocycles. The smallest absolute Gasteiger partial charge is 0.340 e. The highest BCUT2D eigenvalue weighted by molar-refractivity contribution is 6.02. The minimum Gasteiger partial charge on any atom is -0.465 e. The lowest BCUT2D eigenvalue weighted by Gasteiger charge is -2.29. The molecule has 1 fully saturated rings. The molecule has 10 heteroatoms. The third-order valence-corrected chi connectivity index (χ3v) is 5.24. The Balaban J connectivity index is 1.48. The first-order chi connectivity index (χ1) is 15.6. The number of esters is 1. The molecule has 0 bridgehead atoms. The van der Waals surface area contributed by atoms with Gasteiger partial charge in [-0.2, -0.15) is 0 Å². The van der Waals surface area contributed by atoms with Gasteiger partial charge in [-0.25, -0.2) is 9.48 Å². The highest BCUT2D eigenvalue weighted by Gasteiger charge is 2.19. The van der Waals surface area contributed by atoms with Gasteiger partial charge in [-0.05, 0) is 30.3 Å². The van der Waals surface area contributed by atoms with Crippen molar-refractivity contribution in [3.63, 3.8) is 0 Å². The lowest BCUT2D eigenvalue weighted by molar-refractivity contribution is -0.116. The average molecular weight is 437 g/mol. The van der Waals surface area contributed by atoms with E-state index in [1.165, 1.54) is 7.11 Å². The van der Waals surface area contributed by atoms with Gasteiger partial charge in [0.15, 0.2) is 0 Å². The average Bonchev–Trinajstić information content (AvgIpc) is 2.84. The van der Waals surface area contributed by atoms with Gasteiger partial charge in [0.2, 0.25) is 5.91 Å². The van der Waals surface area contributed by atoms with Crippen LogP contribution < -0.4 is 15.8 Å². The Bertz CT molecular complexity index is 1200. The van der Waals surface area contributed by atoms with E-state index in [1.54, 1.807) is 36.4 Å². The van der Waals surface area contributed by atoms with Crippen LogP contribution in [0.1, 0.15) is 16.8 Å². The van der Waals surface area contributed by atoms with E-state index < -0.39 is 5.97 Å². The van der Waals surface area contributed by atoms with E-state index in [9.17, 15) is 14.4 Å². The van der Waals surface area contributed by atoms with Gasteiger partial charge in [0.1, 0.15) is 5.52 Å². The molecule has 4 rings (SSSR count). The van der Waals surface area contributed by atoms with E-state index >= 15 is 0 Å². The van der Waals surface area contributed by atoms with Crippen molar-refractivity contribution in [1.82, 2.24) is 15.0 Å². The molecule has 0 unspecified atom stereocenters. The second kappa shape index (κ2) is 9.56. The molecule has 2 heterocycles. The van der Waals surface area contributed by atoms with Crippen molar-refractivity contribution < 1.29 is 19.1 Å². The molecule has 0 radical (unpaired) electrons. The molecule has 3 aromatic rings. The number of carbonyl (C=O) groups is 2. The van der Waals surface area contributed by atoms with Gasteiger partial charge >= 0.3 is 5.97 Å². The maximum absolute atomic E-state index is 12.6. The summed E-state index contributed by atoms with van der Waals surface area (Å²) in [4.78, 5) is 39.5. The zero-order valence-electron chi connectivity index (χ0n) is 17.6. The molecule has 32 heavy (non-hydrogen) atoms. The number of anilines is 2. The Labute approximate surface area is 183 Å². The van der Waals surface area contributed by atoms with E-state index in [4.69, 9.17) is 9.47 Å². The van der Waals surface area contributed by atoms with Crippen LogP contribution in [-0.2, 0) is 20.8 Å². The van der Waals surface area contributed by atoms with Crippen LogP contribution in [0.2, 0.25) is 0 Å². The summed E-state index contributed by atoms with van der Waals surface area (Å²) >= 11 is 0. The van der Waals surface area contributed by atoms with Crippen molar-refractivity contribution in [3.05, 3.63) is 58.4 Å². The van der Waals surface area contributed by atoms with Crippen molar-refractivity contribution >= 4 is 34.2 Å². The van der Waals surface area contributed by atoms with Crippen molar-refractivity contribution in [2.45, 2.75) is 13.0 Å². The number of methoxy groups -OCH3 is 1. The largest absolute Gasteiger partial charge is 0.465 e. The lowest BCUT2D eigenvalue weighted by atomic mass is 10.1. The number of nitrogens with zero attached hydrogens (tertiary/aromatic N) is 4. The third-order valence-electron chi connectivity index (χ3n) is 5.24. The number of fused-ring (bicyclic) bond motifs is 1. The summed E-state index contributed by atoms with van der Waals surface area (Å²) in [6.45, 7) is 2.72. The van der Waals surface area contributed by atoms with Gasteiger partial charge in [-0.15, -0.1) is 5.10 Å². The van der Waals surface area contributed by atoms with Gasteiger partial charge in [0.25, 0.3) is 5.56 Å². The summed E-state index contributed by atoms with van der Waals surface area (Å²) in [6.07, 6.45) is -0.0151. The monoisotopic (exact) mass is 437 g/mol. The van der Waals surface area contributed by atoms with Gasteiger partial charge in [0, 0.05) is 25.2 Å². The molecule has 0 spiro atoms. The summed E-state index contributed by atoms with van der Waals surface area (Å²) in [5.74, 6) is -0.914. The summed E-state index contributed by atoms with van der Waals surface area (Å²) < 4.78 is 11.4. The van der Waals surface area contributed by atoms with Gasteiger partial charge < -0.3 is 19.7 Å². The quantitative estimate of drug-likeness (QED) is 0.576. The van der Waals surface area contributed by atoms with E-state index in [-0.39, 0.29) is 30.0 Å². The number of ether oxygens (including phenoxy) is 2. The number of hydrogen-bond acceptors (Lipinski definition) is 8. The first-order valence-electron chi connectivity index (χ1n) is 10.2. The van der Waals surface area contributed by atoms with E-state index in [0.29, 0.717) is 42.9 Å². The minimum atomic E-state index is -0.549. The van der Waals surface area contributed by atoms with Crippen LogP contribution in [0, 0.1) is 0 Å². The fraction of sp³-hybridized carbons (Fsp3) is 0.318. The van der Waals surface area contributed by atoms with Crippen LogP contribution in [0.15, 0.2) is 47.3 Å². The Morgan fingerprint density at radius 3 is 2.72 bits per heavy atom. The molecule has 0 aliphatic carbocycles. The minimum absolute atomic E-state index is 0.0151. The highest BCUT2D eigenvalue weighted by Crippen LogP contribution is 2.25. The predicted octanol–water partition coefficient (Wildman–Crippen LogP) is 1.44. The predicted molar refractivity (Wildman–Crippen MR) is 118 cm³/mol. The van der Waals surface area contributed by atoms with E-state index in [1.807, 2.05) is 6.07 Å². The molecule has 0 atom stereocenters. The summed E-state index contributed by atoms with van der Waals surface area (Å²) in [6, 6.07) is 12.1. The van der Waals surface area contributed by atoms with Crippen LogP contribution in [0.25, 0.3) is 10.9 Å². The van der Waals surface area contributed by atoms with Gasteiger partial charge in [0.05, 0.1) is 43.5 Å². The second-order valence-electron chi connectivity index (χ2n) is 7.25. The number of rotatable bonds is 6. The van der Waals surface area contributed by atoms with Crippen molar-refractivity contribution in [1.29, 1.82) is 0 Å². The summed E-state index contributed by atoms with van der Waals surface area (Å²) in [5.41, 5.74) is 1.64. The molecule has 1 amide bonds. The molecule has 10 nitrogen and oxygen atoms in total. The molecule has 1 aromatic heterocycles. The lowest BCUT2D eigenvalue weighted by Crippen LogP contribution is -2.36. The number of nitrogens with one attached hydrogen (secondary N) is 1.